The molecule has 2 aliphatic carbocycles. The van der Waals surface area contributed by atoms with Gasteiger partial charge in [-0.15, -0.1) is 0 Å². The standard InChI is InChI=1S/C27H37N3O6/c1-16(18(32)12-23-28-9-10-29-23)30-21-13-20-25(2,8-6-22(33)26(20,3)14-31)19(27(21)15-36-27)5-4-17-7-11-35-24(17)34/h4-5,7,9,16,19-22,30-31,33H,6,8,10-15H2,1-3H3/b5-4+/t16?,19?,20?,21?,22-,25-,26+,27?/m1/s1. The molecular formula is C27H37N3O6. The van der Waals surface area contributed by atoms with E-state index >= 15 is 0 Å². The Morgan fingerprint density at radius 1 is 1.39 bits per heavy atom. The molecule has 36 heavy (non-hydrogen) atoms. The van der Waals surface area contributed by atoms with E-state index in [0.717, 1.165) is 6.42 Å². The Labute approximate surface area is 211 Å². The summed E-state index contributed by atoms with van der Waals surface area (Å²) in [6.45, 7) is 7.25. The van der Waals surface area contributed by atoms with E-state index in [1.54, 1.807) is 12.3 Å². The topological polar surface area (TPSA) is 133 Å². The summed E-state index contributed by atoms with van der Waals surface area (Å²) in [5, 5.41) is 25.0. The first kappa shape index (κ1) is 25.4. The van der Waals surface area contributed by atoms with E-state index in [4.69, 9.17) is 9.47 Å². The SMILES string of the molecule is CC(NC1CC2[C@](C)(CC[C@@H](O)[C@@]2(C)CO)C(/C=C/C2=CCOC2=O)C12CO2)C(=O)CC1=NCC=N1. The van der Waals surface area contributed by atoms with Crippen LogP contribution in [-0.4, -0.2) is 84.2 Å². The van der Waals surface area contributed by atoms with Crippen LogP contribution in [0.15, 0.2) is 33.8 Å². The summed E-state index contributed by atoms with van der Waals surface area (Å²) < 4.78 is 11.3. The zero-order valence-electron chi connectivity index (χ0n) is 21.3. The van der Waals surface area contributed by atoms with Gasteiger partial charge in [-0.05, 0) is 43.6 Å². The number of ketones is 1. The molecule has 0 aromatic heterocycles. The molecular weight excluding hydrogens is 462 g/mol. The van der Waals surface area contributed by atoms with Crippen molar-refractivity contribution in [3.63, 3.8) is 0 Å². The number of amidine groups is 1. The lowest BCUT2D eigenvalue weighted by molar-refractivity contribution is -0.174. The molecule has 0 aromatic carbocycles. The van der Waals surface area contributed by atoms with Crippen molar-refractivity contribution in [2.24, 2.45) is 32.7 Å². The molecule has 1 saturated heterocycles. The Balaban J connectivity index is 1.46. The lowest BCUT2D eigenvalue weighted by atomic mass is 9.44. The second-order valence-electron chi connectivity index (χ2n) is 11.5. The van der Waals surface area contributed by atoms with Crippen molar-refractivity contribution < 1.29 is 29.3 Å². The Bertz CT molecular complexity index is 1050. The molecule has 8 atom stereocenters. The third kappa shape index (κ3) is 4.10. The zero-order valence-corrected chi connectivity index (χ0v) is 21.3. The lowest BCUT2D eigenvalue weighted by Crippen LogP contribution is -2.67. The molecule has 0 radical (unpaired) electrons. The average Bonchev–Trinajstić information content (AvgIpc) is 3.25. The first-order valence-corrected chi connectivity index (χ1v) is 13.0. The molecule has 3 aliphatic heterocycles. The number of nitrogens with one attached hydrogen (secondary N) is 1. The third-order valence-corrected chi connectivity index (χ3v) is 9.51. The minimum absolute atomic E-state index is 0.0106. The van der Waals surface area contributed by atoms with E-state index in [1.165, 1.54) is 0 Å². The molecule has 0 aromatic rings. The number of carbonyl (C=O) groups is 2. The van der Waals surface area contributed by atoms with Gasteiger partial charge >= 0.3 is 5.97 Å². The number of esters is 1. The largest absolute Gasteiger partial charge is 0.458 e. The number of carbonyl (C=O) groups excluding carboxylic acids is 2. The Morgan fingerprint density at radius 2 is 2.17 bits per heavy atom. The van der Waals surface area contributed by atoms with Gasteiger partial charge in [0.25, 0.3) is 0 Å². The highest BCUT2D eigenvalue weighted by Gasteiger charge is 2.70. The second kappa shape index (κ2) is 9.28. The van der Waals surface area contributed by atoms with Gasteiger partial charge < -0.3 is 25.0 Å². The number of aliphatic imine (C=N–C) groups is 2. The quantitative estimate of drug-likeness (QED) is 0.339. The normalized spacial score (nSPS) is 42.3. The fraction of sp³-hybridized carbons (Fsp3) is 0.704. The molecule has 9 heteroatoms. The average molecular weight is 500 g/mol. The molecule has 5 aliphatic rings. The van der Waals surface area contributed by atoms with Gasteiger partial charge in [0.15, 0.2) is 5.78 Å². The summed E-state index contributed by atoms with van der Waals surface area (Å²) in [5.41, 5.74) is -0.961. The number of fused-ring (bicyclic) bond motifs is 1. The van der Waals surface area contributed by atoms with Crippen LogP contribution in [0.4, 0.5) is 0 Å². The molecule has 9 nitrogen and oxygen atoms in total. The highest BCUT2D eigenvalue weighted by Crippen LogP contribution is 2.65. The predicted molar refractivity (Wildman–Crippen MR) is 134 cm³/mol. The summed E-state index contributed by atoms with van der Waals surface area (Å²) in [6.07, 6.45) is 8.96. The Kier molecular flexibility index (Phi) is 6.56. The van der Waals surface area contributed by atoms with Crippen molar-refractivity contribution in [2.75, 3.05) is 26.4 Å². The van der Waals surface area contributed by atoms with E-state index in [2.05, 4.69) is 28.3 Å². The van der Waals surface area contributed by atoms with E-state index < -0.39 is 23.2 Å². The monoisotopic (exact) mass is 499 g/mol. The summed E-state index contributed by atoms with van der Waals surface area (Å²) in [4.78, 5) is 33.5. The van der Waals surface area contributed by atoms with Crippen molar-refractivity contribution in [2.45, 2.75) is 70.2 Å². The Morgan fingerprint density at radius 3 is 2.78 bits per heavy atom. The lowest BCUT2D eigenvalue weighted by Gasteiger charge is -2.62. The van der Waals surface area contributed by atoms with Gasteiger partial charge in [-0.25, -0.2) is 9.79 Å². The van der Waals surface area contributed by atoms with Gasteiger partial charge in [0.2, 0.25) is 0 Å². The molecule has 1 spiro atoms. The van der Waals surface area contributed by atoms with Gasteiger partial charge in [-0.2, -0.15) is 0 Å². The number of hydrogen-bond acceptors (Lipinski definition) is 9. The van der Waals surface area contributed by atoms with Crippen molar-refractivity contribution in [1.82, 2.24) is 5.32 Å². The maximum atomic E-state index is 13.0. The van der Waals surface area contributed by atoms with E-state index in [1.807, 2.05) is 19.9 Å². The van der Waals surface area contributed by atoms with Crippen LogP contribution in [-0.2, 0) is 19.1 Å². The number of aliphatic hydroxyl groups excluding tert-OH is 2. The van der Waals surface area contributed by atoms with Crippen LogP contribution in [0.25, 0.3) is 0 Å². The minimum atomic E-state index is -0.693. The maximum Gasteiger partial charge on any atom is 0.338 e. The third-order valence-electron chi connectivity index (χ3n) is 9.51. The van der Waals surface area contributed by atoms with Gasteiger partial charge in [-0.1, -0.05) is 26.0 Å². The minimum Gasteiger partial charge on any atom is -0.458 e. The zero-order chi connectivity index (χ0) is 25.7. The number of epoxide rings is 1. The summed E-state index contributed by atoms with van der Waals surface area (Å²) in [5.74, 6) is 0.121. The summed E-state index contributed by atoms with van der Waals surface area (Å²) >= 11 is 0. The fourth-order valence-corrected chi connectivity index (χ4v) is 7.18. The van der Waals surface area contributed by atoms with Crippen LogP contribution in [0.1, 0.15) is 46.5 Å². The smallest absolute Gasteiger partial charge is 0.338 e. The molecule has 5 rings (SSSR count). The highest BCUT2D eigenvalue weighted by molar-refractivity contribution is 6.07. The number of aliphatic hydroxyl groups is 2. The van der Waals surface area contributed by atoms with Gasteiger partial charge in [-0.3, -0.25) is 9.79 Å². The van der Waals surface area contributed by atoms with Crippen molar-refractivity contribution >= 4 is 23.8 Å². The first-order chi connectivity index (χ1) is 17.1. The molecule has 3 N–H and O–H groups in total. The van der Waals surface area contributed by atoms with Crippen LogP contribution in [0.3, 0.4) is 0 Å². The summed E-state index contributed by atoms with van der Waals surface area (Å²) in [7, 11) is 0. The molecule has 3 fully saturated rings. The van der Waals surface area contributed by atoms with Crippen LogP contribution < -0.4 is 5.32 Å². The van der Waals surface area contributed by atoms with Crippen LogP contribution in [0.2, 0.25) is 0 Å². The van der Waals surface area contributed by atoms with Gasteiger partial charge in [0, 0.05) is 23.6 Å². The molecule has 0 bridgehead atoms. The number of hydrogen-bond donors (Lipinski definition) is 3. The molecule has 196 valence electrons. The molecule has 5 unspecified atom stereocenters. The second-order valence-corrected chi connectivity index (χ2v) is 11.5. The van der Waals surface area contributed by atoms with Crippen LogP contribution >= 0.6 is 0 Å². The molecule has 2 saturated carbocycles. The van der Waals surface area contributed by atoms with E-state index in [-0.39, 0.29) is 54.7 Å². The predicted octanol–water partition coefficient (Wildman–Crippen LogP) is 1.38. The number of Topliss-reactive ketones (excluding diaryl/α,β-unsaturated/α-hetero) is 1. The molecule has 0 amide bonds. The molecule has 3 heterocycles. The van der Waals surface area contributed by atoms with Crippen LogP contribution in [0.5, 0.6) is 0 Å². The Hall–Kier alpha value is -2.20. The van der Waals surface area contributed by atoms with Crippen molar-refractivity contribution in [3.05, 3.63) is 23.8 Å². The van der Waals surface area contributed by atoms with E-state index in [9.17, 15) is 19.8 Å². The van der Waals surface area contributed by atoms with Crippen molar-refractivity contribution in [3.8, 4) is 0 Å². The van der Waals surface area contributed by atoms with Gasteiger partial charge in [0.05, 0.1) is 43.9 Å². The van der Waals surface area contributed by atoms with Crippen molar-refractivity contribution in [1.29, 1.82) is 0 Å². The highest BCUT2D eigenvalue weighted by atomic mass is 16.6. The van der Waals surface area contributed by atoms with Gasteiger partial charge in [0.1, 0.15) is 18.0 Å². The summed E-state index contributed by atoms with van der Waals surface area (Å²) in [6, 6.07) is -0.608. The number of cyclic esters (lactones) is 1. The number of rotatable bonds is 8. The number of ether oxygens (including phenoxy) is 2. The van der Waals surface area contributed by atoms with Crippen LogP contribution in [0, 0.1) is 22.7 Å². The number of nitrogens with zero attached hydrogens (tertiary/aromatic N) is 2. The first-order valence-electron chi connectivity index (χ1n) is 13.0. The maximum absolute atomic E-state index is 13.0. The van der Waals surface area contributed by atoms with E-state index in [0.29, 0.717) is 37.4 Å². The fourth-order valence-electron chi connectivity index (χ4n) is 7.18.